The predicted molar refractivity (Wildman–Crippen MR) is 85.7 cm³/mol. The van der Waals surface area contributed by atoms with E-state index in [-0.39, 0.29) is 0 Å². The van der Waals surface area contributed by atoms with Gasteiger partial charge in [0.15, 0.2) is 0 Å². The molecule has 0 aliphatic heterocycles. The first-order chi connectivity index (χ1) is 9.06. The summed E-state index contributed by atoms with van der Waals surface area (Å²) in [5.74, 6) is 0. The summed E-state index contributed by atoms with van der Waals surface area (Å²) < 4.78 is 0. The van der Waals surface area contributed by atoms with Gasteiger partial charge in [0.25, 0.3) is 0 Å². The standard InChI is InChI=1S/C16H29N3/c1-5-19(6-2)11-7-8-14(4)18-15-10-9-13(3)16(17)12-15/h9-10,12,14,18H,5-8,11,17H2,1-4H3. The van der Waals surface area contributed by atoms with Crippen LogP contribution >= 0.6 is 0 Å². The van der Waals surface area contributed by atoms with Gasteiger partial charge in [-0.15, -0.1) is 0 Å². The molecule has 0 aliphatic carbocycles. The van der Waals surface area contributed by atoms with Gasteiger partial charge in [-0.3, -0.25) is 0 Å². The van der Waals surface area contributed by atoms with Crippen molar-refractivity contribution in [3.8, 4) is 0 Å². The van der Waals surface area contributed by atoms with Crippen LogP contribution in [-0.2, 0) is 0 Å². The fourth-order valence-corrected chi connectivity index (χ4v) is 2.25. The zero-order valence-corrected chi connectivity index (χ0v) is 12.9. The van der Waals surface area contributed by atoms with Crippen molar-refractivity contribution in [3.05, 3.63) is 23.8 Å². The summed E-state index contributed by atoms with van der Waals surface area (Å²) in [6, 6.07) is 6.68. The van der Waals surface area contributed by atoms with Gasteiger partial charge in [-0.05, 0) is 64.0 Å². The van der Waals surface area contributed by atoms with Crippen LogP contribution < -0.4 is 11.1 Å². The highest BCUT2D eigenvalue weighted by atomic mass is 15.1. The lowest BCUT2D eigenvalue weighted by Crippen LogP contribution is -2.25. The molecular formula is C16H29N3. The Hall–Kier alpha value is -1.22. The normalized spacial score (nSPS) is 12.7. The van der Waals surface area contributed by atoms with Crippen molar-refractivity contribution in [2.45, 2.75) is 46.6 Å². The third kappa shape index (κ3) is 5.52. The van der Waals surface area contributed by atoms with Gasteiger partial charge >= 0.3 is 0 Å². The van der Waals surface area contributed by atoms with Crippen LogP contribution in [0.4, 0.5) is 11.4 Å². The molecule has 0 bridgehead atoms. The second kappa shape index (κ2) is 8.05. The zero-order valence-electron chi connectivity index (χ0n) is 12.9. The Morgan fingerprint density at radius 3 is 2.53 bits per heavy atom. The SMILES string of the molecule is CCN(CC)CCCC(C)Nc1ccc(C)c(N)c1. The largest absolute Gasteiger partial charge is 0.398 e. The van der Waals surface area contributed by atoms with Crippen molar-refractivity contribution in [1.29, 1.82) is 0 Å². The third-order valence-corrected chi connectivity index (χ3v) is 3.70. The lowest BCUT2D eigenvalue weighted by atomic mass is 10.1. The number of rotatable bonds is 8. The Labute approximate surface area is 118 Å². The van der Waals surface area contributed by atoms with E-state index >= 15 is 0 Å². The van der Waals surface area contributed by atoms with Gasteiger partial charge in [0.1, 0.15) is 0 Å². The van der Waals surface area contributed by atoms with Crippen molar-refractivity contribution in [3.63, 3.8) is 0 Å². The molecule has 1 atom stereocenters. The van der Waals surface area contributed by atoms with Gasteiger partial charge < -0.3 is 16.0 Å². The number of nitrogens with one attached hydrogen (secondary N) is 1. The van der Waals surface area contributed by atoms with Gasteiger partial charge in [-0.25, -0.2) is 0 Å². The fourth-order valence-electron chi connectivity index (χ4n) is 2.25. The summed E-state index contributed by atoms with van der Waals surface area (Å²) in [5, 5.41) is 3.52. The first kappa shape index (κ1) is 15.8. The molecule has 0 fully saturated rings. The van der Waals surface area contributed by atoms with Crippen LogP contribution in [0, 0.1) is 6.92 Å². The van der Waals surface area contributed by atoms with E-state index < -0.39 is 0 Å². The van der Waals surface area contributed by atoms with Crippen molar-refractivity contribution in [2.75, 3.05) is 30.7 Å². The Kier molecular flexibility index (Phi) is 6.71. The molecule has 3 heteroatoms. The van der Waals surface area contributed by atoms with Crippen LogP contribution in [0.5, 0.6) is 0 Å². The monoisotopic (exact) mass is 263 g/mol. The molecule has 1 unspecified atom stereocenters. The topological polar surface area (TPSA) is 41.3 Å². The molecule has 0 heterocycles. The number of nitrogens with zero attached hydrogens (tertiary/aromatic N) is 1. The number of benzene rings is 1. The highest BCUT2D eigenvalue weighted by Gasteiger charge is 2.05. The molecule has 0 aliphatic rings. The average molecular weight is 263 g/mol. The number of hydrogen-bond donors (Lipinski definition) is 2. The molecule has 0 aromatic heterocycles. The molecular weight excluding hydrogens is 234 g/mol. The zero-order chi connectivity index (χ0) is 14.3. The van der Waals surface area contributed by atoms with E-state index in [0.29, 0.717) is 6.04 Å². The van der Waals surface area contributed by atoms with E-state index in [1.165, 1.54) is 19.4 Å². The summed E-state index contributed by atoms with van der Waals surface area (Å²) in [7, 11) is 0. The molecule has 1 rings (SSSR count). The van der Waals surface area contributed by atoms with Crippen LogP contribution in [0.25, 0.3) is 0 Å². The smallest absolute Gasteiger partial charge is 0.0364 e. The molecule has 1 aromatic rings. The second-order valence-electron chi connectivity index (χ2n) is 5.29. The van der Waals surface area contributed by atoms with Crippen LogP contribution in [0.3, 0.4) is 0 Å². The van der Waals surface area contributed by atoms with E-state index in [9.17, 15) is 0 Å². The van der Waals surface area contributed by atoms with E-state index in [0.717, 1.165) is 30.0 Å². The van der Waals surface area contributed by atoms with Gasteiger partial charge in [-0.1, -0.05) is 19.9 Å². The van der Waals surface area contributed by atoms with Crippen molar-refractivity contribution in [1.82, 2.24) is 4.90 Å². The lowest BCUT2D eigenvalue weighted by molar-refractivity contribution is 0.295. The first-order valence-electron chi connectivity index (χ1n) is 7.41. The van der Waals surface area contributed by atoms with Gasteiger partial charge in [0.2, 0.25) is 0 Å². The van der Waals surface area contributed by atoms with E-state index in [1.54, 1.807) is 0 Å². The summed E-state index contributed by atoms with van der Waals surface area (Å²) >= 11 is 0. The summed E-state index contributed by atoms with van der Waals surface area (Å²) in [6.45, 7) is 12.2. The molecule has 19 heavy (non-hydrogen) atoms. The molecule has 0 saturated carbocycles. The number of anilines is 2. The lowest BCUT2D eigenvalue weighted by Gasteiger charge is -2.20. The minimum atomic E-state index is 0.484. The average Bonchev–Trinajstić information content (AvgIpc) is 2.39. The maximum Gasteiger partial charge on any atom is 0.0364 e. The van der Waals surface area contributed by atoms with Crippen LogP contribution in [0.2, 0.25) is 0 Å². The number of nitrogens with two attached hydrogens (primary N) is 1. The third-order valence-electron chi connectivity index (χ3n) is 3.70. The highest BCUT2D eigenvalue weighted by molar-refractivity contribution is 5.58. The Morgan fingerprint density at radius 1 is 1.26 bits per heavy atom. The number of hydrogen-bond acceptors (Lipinski definition) is 3. The summed E-state index contributed by atoms with van der Waals surface area (Å²) in [6.07, 6.45) is 2.42. The maximum absolute atomic E-state index is 5.93. The summed E-state index contributed by atoms with van der Waals surface area (Å²) in [5.41, 5.74) is 9.05. The predicted octanol–water partition coefficient (Wildman–Crippen LogP) is 3.50. The van der Waals surface area contributed by atoms with E-state index in [2.05, 4.69) is 43.1 Å². The molecule has 108 valence electrons. The quantitative estimate of drug-likeness (QED) is 0.705. The fraction of sp³-hybridized carbons (Fsp3) is 0.625. The molecule has 0 saturated heterocycles. The molecule has 1 aromatic carbocycles. The first-order valence-corrected chi connectivity index (χ1v) is 7.41. The molecule has 0 spiro atoms. The molecule has 0 amide bonds. The molecule has 0 radical (unpaired) electrons. The number of nitrogen functional groups attached to an aromatic ring is 1. The molecule has 3 N–H and O–H groups in total. The summed E-state index contributed by atoms with van der Waals surface area (Å²) in [4.78, 5) is 2.47. The van der Waals surface area contributed by atoms with Crippen molar-refractivity contribution < 1.29 is 0 Å². The minimum Gasteiger partial charge on any atom is -0.398 e. The Balaban J connectivity index is 2.34. The van der Waals surface area contributed by atoms with Gasteiger partial charge in [-0.2, -0.15) is 0 Å². The van der Waals surface area contributed by atoms with Crippen molar-refractivity contribution >= 4 is 11.4 Å². The second-order valence-corrected chi connectivity index (χ2v) is 5.29. The van der Waals surface area contributed by atoms with Crippen LogP contribution in [-0.4, -0.2) is 30.6 Å². The highest BCUT2D eigenvalue weighted by Crippen LogP contribution is 2.18. The molecule has 3 nitrogen and oxygen atoms in total. The van der Waals surface area contributed by atoms with Gasteiger partial charge in [0.05, 0.1) is 0 Å². The van der Waals surface area contributed by atoms with E-state index in [1.807, 2.05) is 13.0 Å². The van der Waals surface area contributed by atoms with Crippen LogP contribution in [0.1, 0.15) is 39.2 Å². The maximum atomic E-state index is 5.93. The van der Waals surface area contributed by atoms with E-state index in [4.69, 9.17) is 5.73 Å². The Bertz CT molecular complexity index is 372. The van der Waals surface area contributed by atoms with Crippen LogP contribution in [0.15, 0.2) is 18.2 Å². The van der Waals surface area contributed by atoms with Crippen molar-refractivity contribution in [2.24, 2.45) is 0 Å². The number of aryl methyl sites for hydroxylation is 1. The minimum absolute atomic E-state index is 0.484. The Morgan fingerprint density at radius 2 is 1.95 bits per heavy atom. The van der Waals surface area contributed by atoms with Gasteiger partial charge in [0, 0.05) is 17.4 Å².